The van der Waals surface area contributed by atoms with Crippen molar-refractivity contribution in [2.45, 2.75) is 18.5 Å². The molecular weight excluding hydrogens is 372 g/mol. The average Bonchev–Trinajstić information content (AvgIpc) is 2.99. The summed E-state index contributed by atoms with van der Waals surface area (Å²) in [5, 5.41) is 3.92. The number of nitrogens with zero attached hydrogens (tertiary/aromatic N) is 1. The summed E-state index contributed by atoms with van der Waals surface area (Å²) < 4.78 is 5.75. The summed E-state index contributed by atoms with van der Waals surface area (Å²) in [5.41, 5.74) is 2.90. The molecule has 1 atom stereocenters. The lowest BCUT2D eigenvalue weighted by Gasteiger charge is -2.40. The maximum atomic E-state index is 12.3. The average molecular weight is 401 g/mol. The van der Waals surface area contributed by atoms with Crippen LogP contribution in [0.25, 0.3) is 0 Å². The summed E-state index contributed by atoms with van der Waals surface area (Å²) in [7, 11) is 0. The highest BCUT2D eigenvalue weighted by Gasteiger charge is 2.39. The van der Waals surface area contributed by atoms with E-state index < -0.39 is 5.54 Å². The Morgan fingerprint density at radius 1 is 0.867 bits per heavy atom. The van der Waals surface area contributed by atoms with E-state index in [0.29, 0.717) is 19.7 Å². The second-order valence-corrected chi connectivity index (χ2v) is 7.64. The molecule has 1 amide bonds. The van der Waals surface area contributed by atoms with Gasteiger partial charge in [0.2, 0.25) is 5.91 Å². The smallest absolute Gasteiger partial charge is 0.248 e. The predicted octanol–water partition coefficient (Wildman–Crippen LogP) is 3.82. The second-order valence-electron chi connectivity index (χ2n) is 7.64. The molecule has 0 aliphatic carbocycles. The molecule has 1 aliphatic rings. The maximum absolute atomic E-state index is 12.3. The quantitative estimate of drug-likeness (QED) is 0.640. The number of hydrogen-bond acceptors (Lipinski definition) is 3. The Labute approximate surface area is 178 Å². The number of carbonyl (C=O) groups excluding carboxylic acids is 1. The van der Waals surface area contributed by atoms with E-state index in [1.165, 1.54) is 0 Å². The summed E-state index contributed by atoms with van der Waals surface area (Å²) in [6, 6.07) is 31.5. The van der Waals surface area contributed by atoms with Crippen LogP contribution in [0, 0.1) is 0 Å². The van der Waals surface area contributed by atoms with Crippen LogP contribution < -0.4 is 5.32 Å². The zero-order valence-corrected chi connectivity index (χ0v) is 17.3. The summed E-state index contributed by atoms with van der Waals surface area (Å²) >= 11 is 0. The van der Waals surface area contributed by atoms with Gasteiger partial charge in [0.05, 0.1) is 12.1 Å². The van der Waals surface area contributed by atoms with Gasteiger partial charge in [-0.2, -0.15) is 0 Å². The van der Waals surface area contributed by atoms with Crippen molar-refractivity contribution >= 4 is 5.91 Å². The van der Waals surface area contributed by atoms with Crippen molar-refractivity contribution in [1.82, 2.24) is 10.2 Å². The molecule has 1 heterocycles. The Hall–Kier alpha value is -2.95. The molecule has 3 aromatic rings. The van der Waals surface area contributed by atoms with Gasteiger partial charge in [0.1, 0.15) is 6.61 Å². The molecule has 4 heteroatoms. The third-order valence-electron chi connectivity index (χ3n) is 5.76. The number of amides is 1. The van der Waals surface area contributed by atoms with Gasteiger partial charge in [-0.1, -0.05) is 91.0 Å². The number of rotatable bonds is 6. The van der Waals surface area contributed by atoms with Crippen molar-refractivity contribution in [3.05, 3.63) is 108 Å². The van der Waals surface area contributed by atoms with Gasteiger partial charge in [0, 0.05) is 19.1 Å². The standard InChI is InChI=1S/C26H28N2O2/c1-2-28-18-24(19-30-20-25(28)29)27-26(21-12-6-3-7-13-21,22-14-8-4-9-15-22)23-16-10-5-11-17-23/h3-17,24,27H,2,18-20H2,1H3/t24-/m0/s1. The van der Waals surface area contributed by atoms with Crippen LogP contribution in [0.5, 0.6) is 0 Å². The first-order valence-electron chi connectivity index (χ1n) is 10.5. The molecule has 1 aliphatic heterocycles. The number of carbonyl (C=O) groups is 1. The Morgan fingerprint density at radius 2 is 1.33 bits per heavy atom. The summed E-state index contributed by atoms with van der Waals surface area (Å²) in [5.74, 6) is 0.0477. The zero-order chi connectivity index (χ0) is 20.8. The lowest BCUT2D eigenvalue weighted by Crippen LogP contribution is -2.54. The number of ether oxygens (including phenoxy) is 1. The molecule has 0 aromatic heterocycles. The first-order valence-corrected chi connectivity index (χ1v) is 10.5. The van der Waals surface area contributed by atoms with Gasteiger partial charge in [0.25, 0.3) is 0 Å². The highest BCUT2D eigenvalue weighted by atomic mass is 16.5. The van der Waals surface area contributed by atoms with Gasteiger partial charge in [-0.25, -0.2) is 0 Å². The van der Waals surface area contributed by atoms with Gasteiger partial charge in [-0.15, -0.1) is 0 Å². The molecule has 30 heavy (non-hydrogen) atoms. The van der Waals surface area contributed by atoms with E-state index >= 15 is 0 Å². The van der Waals surface area contributed by atoms with Crippen molar-refractivity contribution in [3.63, 3.8) is 0 Å². The van der Waals surface area contributed by atoms with Gasteiger partial charge in [-0.3, -0.25) is 10.1 Å². The van der Waals surface area contributed by atoms with Crippen LogP contribution in [0.2, 0.25) is 0 Å². The Morgan fingerprint density at radius 3 is 1.77 bits per heavy atom. The van der Waals surface area contributed by atoms with Gasteiger partial charge in [0.15, 0.2) is 0 Å². The fourth-order valence-corrected chi connectivity index (χ4v) is 4.31. The largest absolute Gasteiger partial charge is 0.370 e. The Balaban J connectivity index is 1.86. The van der Waals surface area contributed by atoms with Crippen LogP contribution in [-0.2, 0) is 15.1 Å². The van der Waals surface area contributed by atoms with E-state index in [1.807, 2.05) is 30.0 Å². The fourth-order valence-electron chi connectivity index (χ4n) is 4.31. The van der Waals surface area contributed by atoms with E-state index in [1.54, 1.807) is 0 Å². The molecule has 1 fully saturated rings. The van der Waals surface area contributed by atoms with Crippen LogP contribution >= 0.6 is 0 Å². The van der Waals surface area contributed by atoms with Gasteiger partial charge in [-0.05, 0) is 23.6 Å². The van der Waals surface area contributed by atoms with Crippen LogP contribution in [-0.4, -0.2) is 43.2 Å². The molecule has 3 aromatic carbocycles. The normalized spacial score (nSPS) is 17.6. The van der Waals surface area contributed by atoms with E-state index in [-0.39, 0.29) is 18.6 Å². The first-order chi connectivity index (χ1) is 14.7. The number of nitrogens with one attached hydrogen (secondary N) is 1. The van der Waals surface area contributed by atoms with E-state index in [2.05, 4.69) is 78.1 Å². The third-order valence-corrected chi connectivity index (χ3v) is 5.76. The van der Waals surface area contributed by atoms with Crippen LogP contribution in [0.1, 0.15) is 23.6 Å². The van der Waals surface area contributed by atoms with Gasteiger partial charge < -0.3 is 9.64 Å². The number of hydrogen-bond donors (Lipinski definition) is 1. The van der Waals surface area contributed by atoms with Gasteiger partial charge >= 0.3 is 0 Å². The predicted molar refractivity (Wildman–Crippen MR) is 119 cm³/mol. The van der Waals surface area contributed by atoms with Crippen molar-refractivity contribution < 1.29 is 9.53 Å². The molecule has 4 nitrogen and oxygen atoms in total. The molecular formula is C26H28N2O2. The summed E-state index contributed by atoms with van der Waals surface area (Å²) in [6.07, 6.45) is 0. The topological polar surface area (TPSA) is 41.6 Å². The van der Waals surface area contributed by atoms with Crippen LogP contribution in [0.3, 0.4) is 0 Å². The molecule has 0 saturated carbocycles. The summed E-state index contributed by atoms with van der Waals surface area (Å²) in [4.78, 5) is 14.2. The number of benzene rings is 3. The molecule has 154 valence electrons. The first kappa shape index (κ1) is 20.3. The Kier molecular flexibility index (Phi) is 6.26. The lowest BCUT2D eigenvalue weighted by atomic mass is 9.76. The SMILES string of the molecule is CCN1C[C@H](NC(c2ccccc2)(c2ccccc2)c2ccccc2)COCC1=O. The second kappa shape index (κ2) is 9.24. The van der Waals surface area contributed by atoms with Crippen LogP contribution in [0.15, 0.2) is 91.0 Å². The van der Waals surface area contributed by atoms with Crippen LogP contribution in [0.4, 0.5) is 0 Å². The van der Waals surface area contributed by atoms with Crippen molar-refractivity contribution in [1.29, 1.82) is 0 Å². The van der Waals surface area contributed by atoms with Crippen molar-refractivity contribution in [2.24, 2.45) is 0 Å². The maximum Gasteiger partial charge on any atom is 0.248 e. The van der Waals surface area contributed by atoms with E-state index in [0.717, 1.165) is 16.7 Å². The van der Waals surface area contributed by atoms with Crippen molar-refractivity contribution in [2.75, 3.05) is 26.3 Å². The molecule has 0 bridgehead atoms. The molecule has 0 radical (unpaired) electrons. The zero-order valence-electron chi connectivity index (χ0n) is 17.3. The lowest BCUT2D eigenvalue weighted by molar-refractivity contribution is -0.133. The Bertz CT molecular complexity index is 848. The molecule has 0 spiro atoms. The molecule has 0 unspecified atom stereocenters. The minimum Gasteiger partial charge on any atom is -0.370 e. The van der Waals surface area contributed by atoms with E-state index in [9.17, 15) is 4.79 Å². The molecule has 1 N–H and O–H groups in total. The molecule has 4 rings (SSSR count). The van der Waals surface area contributed by atoms with Crippen molar-refractivity contribution in [3.8, 4) is 0 Å². The molecule has 1 saturated heterocycles. The monoisotopic (exact) mass is 400 g/mol. The minimum atomic E-state index is -0.565. The minimum absolute atomic E-state index is 0.0166. The third kappa shape index (κ3) is 4.02. The highest BCUT2D eigenvalue weighted by molar-refractivity contribution is 5.77. The summed E-state index contributed by atoms with van der Waals surface area (Å²) in [6.45, 7) is 3.93. The fraction of sp³-hybridized carbons (Fsp3) is 0.269. The number of likely N-dealkylation sites (N-methyl/N-ethyl adjacent to an activating group) is 1. The highest BCUT2D eigenvalue weighted by Crippen LogP contribution is 2.37. The van der Waals surface area contributed by atoms with E-state index in [4.69, 9.17) is 4.74 Å².